The highest BCUT2D eigenvalue weighted by molar-refractivity contribution is 5.95. The maximum Gasteiger partial charge on any atom is 0.323 e. The van der Waals surface area contributed by atoms with Crippen molar-refractivity contribution in [1.29, 1.82) is 0 Å². The van der Waals surface area contributed by atoms with Crippen LogP contribution < -0.4 is 33.2 Å². The largest absolute Gasteiger partial charge is 0.480 e. The smallest absolute Gasteiger partial charge is 0.323 e. The third kappa shape index (κ3) is 12.3. The maximum atomic E-state index is 13.9. The van der Waals surface area contributed by atoms with Gasteiger partial charge < -0.3 is 43.2 Å². The number of carbonyl (C=O) groups is 5. The van der Waals surface area contributed by atoms with E-state index in [1.165, 1.54) is 4.90 Å². The molecule has 268 valence electrons. The summed E-state index contributed by atoms with van der Waals surface area (Å²) in [5.41, 5.74) is 18.2. The van der Waals surface area contributed by atoms with Crippen molar-refractivity contribution in [1.82, 2.24) is 20.9 Å². The summed E-state index contributed by atoms with van der Waals surface area (Å²) in [5, 5.41) is 18.0. The summed E-state index contributed by atoms with van der Waals surface area (Å²) in [5.74, 6) is -3.04. The van der Waals surface area contributed by atoms with Crippen LogP contribution in [0.1, 0.15) is 63.5 Å². The van der Waals surface area contributed by atoms with E-state index in [9.17, 15) is 29.1 Å². The number of amides is 4. The molecule has 2 aromatic carbocycles. The van der Waals surface area contributed by atoms with Gasteiger partial charge in [-0.2, -0.15) is 0 Å². The second-order valence-corrected chi connectivity index (χ2v) is 13.4. The number of likely N-dealkylation sites (tertiary alicyclic amines) is 1. The highest BCUT2D eigenvalue weighted by Crippen LogP contribution is 2.21. The number of carboxylic acid groups (broad SMARTS) is 1. The standard InChI is InChI=1S/C36H53N7O6/c1-24(2)21-29(32(45)40-28(15-9-10-18-37)34(47)43-19-16-36(39,17-20-43)35(48)49)42-33(46)30(23-26-13-7-4-8-14-26)41-31(44)27(38)22-25-11-5-3-6-12-25/h3-8,11-14,24,27-30H,9-10,15-23,37-39H2,1-2H3,(H,40,45)(H,41,44)(H,42,46)(H,48,49)/t27-,28-,29-,30+/m0/s1. The molecule has 2 aromatic rings. The van der Waals surface area contributed by atoms with E-state index < -0.39 is 53.4 Å². The molecule has 0 radical (unpaired) electrons. The molecule has 1 aliphatic heterocycles. The van der Waals surface area contributed by atoms with Gasteiger partial charge in [0, 0.05) is 19.5 Å². The summed E-state index contributed by atoms with van der Waals surface area (Å²) in [6.45, 7) is 4.53. The molecule has 4 amide bonds. The first-order valence-electron chi connectivity index (χ1n) is 17.1. The minimum absolute atomic E-state index is 0.000286. The van der Waals surface area contributed by atoms with Gasteiger partial charge in [0.1, 0.15) is 23.7 Å². The minimum atomic E-state index is -1.40. The van der Waals surface area contributed by atoms with Crippen LogP contribution in [0.25, 0.3) is 0 Å². The average Bonchev–Trinajstić information content (AvgIpc) is 3.07. The van der Waals surface area contributed by atoms with Gasteiger partial charge in [0.2, 0.25) is 23.6 Å². The number of rotatable bonds is 18. The molecule has 0 aromatic heterocycles. The molecule has 0 aliphatic carbocycles. The van der Waals surface area contributed by atoms with E-state index in [0.717, 1.165) is 11.1 Å². The summed E-state index contributed by atoms with van der Waals surface area (Å²) in [7, 11) is 0. The molecule has 4 atom stereocenters. The van der Waals surface area contributed by atoms with Crippen LogP contribution >= 0.6 is 0 Å². The molecule has 1 fully saturated rings. The van der Waals surface area contributed by atoms with Gasteiger partial charge in [-0.1, -0.05) is 74.5 Å². The van der Waals surface area contributed by atoms with E-state index in [1.807, 2.05) is 74.5 Å². The van der Waals surface area contributed by atoms with Gasteiger partial charge in [-0.15, -0.1) is 0 Å². The number of carbonyl (C=O) groups excluding carboxylic acids is 4. The number of unbranched alkanes of at least 4 members (excludes halogenated alkanes) is 1. The molecular weight excluding hydrogens is 626 g/mol. The Morgan fingerprint density at radius 1 is 0.776 bits per heavy atom. The number of nitrogens with two attached hydrogens (primary N) is 3. The van der Waals surface area contributed by atoms with Crippen LogP contribution in [0.3, 0.4) is 0 Å². The third-order valence-corrected chi connectivity index (χ3v) is 8.85. The van der Waals surface area contributed by atoms with Crippen LogP contribution in [0.4, 0.5) is 0 Å². The molecular formula is C36H53N7O6. The van der Waals surface area contributed by atoms with Crippen LogP contribution in [-0.4, -0.2) is 88.9 Å². The molecule has 0 spiro atoms. The van der Waals surface area contributed by atoms with E-state index in [4.69, 9.17) is 17.2 Å². The summed E-state index contributed by atoms with van der Waals surface area (Å²) in [4.78, 5) is 67.7. The van der Waals surface area contributed by atoms with Crippen molar-refractivity contribution in [3.8, 4) is 0 Å². The fraction of sp³-hybridized carbons (Fsp3) is 0.528. The summed E-state index contributed by atoms with van der Waals surface area (Å²) in [6, 6.07) is 14.7. The first kappa shape index (κ1) is 39.1. The Labute approximate surface area is 288 Å². The lowest BCUT2D eigenvalue weighted by Gasteiger charge is -2.38. The van der Waals surface area contributed by atoms with E-state index in [-0.39, 0.29) is 57.0 Å². The molecule has 0 unspecified atom stereocenters. The third-order valence-electron chi connectivity index (χ3n) is 8.85. The number of carboxylic acids is 1. The average molecular weight is 680 g/mol. The minimum Gasteiger partial charge on any atom is -0.480 e. The molecule has 1 aliphatic rings. The number of hydrogen-bond acceptors (Lipinski definition) is 8. The highest BCUT2D eigenvalue weighted by atomic mass is 16.4. The zero-order chi connectivity index (χ0) is 36.0. The Balaban J connectivity index is 1.77. The SMILES string of the molecule is CC(C)C[C@H](NC(=O)[C@@H](Cc1ccccc1)NC(=O)[C@@H](N)Cc1ccccc1)C(=O)N[C@@H](CCCCN)C(=O)N1CCC(N)(C(=O)O)CC1. The lowest BCUT2D eigenvalue weighted by molar-refractivity contribution is -0.148. The lowest BCUT2D eigenvalue weighted by Crippen LogP contribution is -2.60. The van der Waals surface area contributed by atoms with E-state index in [1.54, 1.807) is 0 Å². The predicted octanol–water partition coefficient (Wildman–Crippen LogP) is 0.833. The van der Waals surface area contributed by atoms with Gasteiger partial charge in [0.05, 0.1) is 6.04 Å². The monoisotopic (exact) mass is 679 g/mol. The maximum absolute atomic E-state index is 13.9. The van der Waals surface area contributed by atoms with Gasteiger partial charge in [0.25, 0.3) is 0 Å². The Morgan fingerprint density at radius 3 is 1.82 bits per heavy atom. The molecule has 0 bridgehead atoms. The van der Waals surface area contributed by atoms with Gasteiger partial charge in [-0.05, 0) is 68.5 Å². The lowest BCUT2D eigenvalue weighted by atomic mass is 9.88. The van der Waals surface area contributed by atoms with Crippen molar-refractivity contribution in [2.24, 2.45) is 23.1 Å². The van der Waals surface area contributed by atoms with E-state index >= 15 is 0 Å². The van der Waals surface area contributed by atoms with Crippen molar-refractivity contribution in [3.63, 3.8) is 0 Å². The Hall–Kier alpha value is -4.33. The quantitative estimate of drug-likeness (QED) is 0.111. The second kappa shape index (κ2) is 19.0. The highest BCUT2D eigenvalue weighted by Gasteiger charge is 2.40. The first-order valence-corrected chi connectivity index (χ1v) is 17.1. The van der Waals surface area contributed by atoms with Gasteiger partial charge in [-0.25, -0.2) is 0 Å². The summed E-state index contributed by atoms with van der Waals surface area (Å²) >= 11 is 0. The van der Waals surface area contributed by atoms with Crippen LogP contribution in [0.2, 0.25) is 0 Å². The fourth-order valence-electron chi connectivity index (χ4n) is 5.86. The van der Waals surface area contributed by atoms with E-state index in [2.05, 4.69) is 16.0 Å². The fourth-order valence-corrected chi connectivity index (χ4v) is 5.86. The normalized spacial score (nSPS) is 16.6. The van der Waals surface area contributed by atoms with Crippen LogP contribution in [0.5, 0.6) is 0 Å². The van der Waals surface area contributed by atoms with Gasteiger partial charge in [0.15, 0.2) is 0 Å². The second-order valence-electron chi connectivity index (χ2n) is 13.4. The molecule has 13 nitrogen and oxygen atoms in total. The summed E-state index contributed by atoms with van der Waals surface area (Å²) < 4.78 is 0. The first-order chi connectivity index (χ1) is 23.3. The number of hydrogen-bond donors (Lipinski definition) is 7. The Kier molecular flexibility index (Phi) is 15.2. The number of benzene rings is 2. The van der Waals surface area contributed by atoms with E-state index in [0.29, 0.717) is 25.8 Å². The number of aliphatic carboxylic acids is 1. The van der Waals surface area contributed by atoms with Gasteiger partial charge in [-0.3, -0.25) is 24.0 Å². The van der Waals surface area contributed by atoms with Crippen molar-refractivity contribution < 1.29 is 29.1 Å². The van der Waals surface area contributed by atoms with Crippen LogP contribution in [0, 0.1) is 5.92 Å². The summed E-state index contributed by atoms with van der Waals surface area (Å²) in [6.07, 6.45) is 2.44. The molecule has 3 rings (SSSR count). The van der Waals surface area contributed by atoms with Crippen molar-refractivity contribution in [2.45, 2.75) is 94.9 Å². The zero-order valence-electron chi connectivity index (χ0n) is 28.6. The van der Waals surface area contributed by atoms with Gasteiger partial charge >= 0.3 is 5.97 Å². The molecule has 0 saturated carbocycles. The molecule has 1 heterocycles. The number of nitrogens with zero attached hydrogens (tertiary/aromatic N) is 1. The molecule has 49 heavy (non-hydrogen) atoms. The molecule has 1 saturated heterocycles. The Bertz CT molecular complexity index is 1380. The predicted molar refractivity (Wildman–Crippen MR) is 187 cm³/mol. The van der Waals surface area contributed by atoms with Crippen LogP contribution in [-0.2, 0) is 36.8 Å². The topological polar surface area (TPSA) is 223 Å². The van der Waals surface area contributed by atoms with Crippen molar-refractivity contribution in [3.05, 3.63) is 71.8 Å². The van der Waals surface area contributed by atoms with Crippen molar-refractivity contribution in [2.75, 3.05) is 19.6 Å². The zero-order valence-corrected chi connectivity index (χ0v) is 28.6. The molecule has 13 heteroatoms. The van der Waals surface area contributed by atoms with Crippen molar-refractivity contribution >= 4 is 29.6 Å². The number of nitrogens with one attached hydrogen (secondary N) is 3. The number of piperidine rings is 1. The molecule has 10 N–H and O–H groups in total. The van der Waals surface area contributed by atoms with Crippen LogP contribution in [0.15, 0.2) is 60.7 Å². The Morgan fingerprint density at radius 2 is 1.29 bits per heavy atom.